The Morgan fingerprint density at radius 1 is 0.968 bits per heavy atom. The van der Waals surface area contributed by atoms with Crippen molar-refractivity contribution in [3.8, 4) is 11.5 Å². The number of hydrogen-bond acceptors (Lipinski definition) is 4. The number of nitrogens with zero attached hydrogens (tertiary/aromatic N) is 1. The zero-order valence-corrected chi connectivity index (χ0v) is 18.5. The van der Waals surface area contributed by atoms with E-state index in [-0.39, 0.29) is 5.91 Å². The second kappa shape index (κ2) is 11.4. The number of ether oxygens (including phenoxy) is 2. The van der Waals surface area contributed by atoms with E-state index in [0.29, 0.717) is 40.1 Å². The van der Waals surface area contributed by atoms with Crippen LogP contribution in [0.15, 0.2) is 71.8 Å². The Hall–Kier alpha value is -3.02. The third-order valence-corrected chi connectivity index (χ3v) is 4.73. The fourth-order valence-electron chi connectivity index (χ4n) is 2.64. The Labute approximate surface area is 191 Å². The van der Waals surface area contributed by atoms with Crippen LogP contribution in [0.4, 0.5) is 0 Å². The van der Waals surface area contributed by atoms with Gasteiger partial charge in [0.1, 0.15) is 18.1 Å². The van der Waals surface area contributed by atoms with Crippen LogP contribution in [0.5, 0.6) is 11.5 Å². The largest absolute Gasteiger partial charge is 0.494 e. The van der Waals surface area contributed by atoms with Gasteiger partial charge in [0.05, 0.1) is 12.8 Å². The van der Waals surface area contributed by atoms with Crippen molar-refractivity contribution in [3.63, 3.8) is 0 Å². The van der Waals surface area contributed by atoms with Crippen LogP contribution in [0.2, 0.25) is 10.0 Å². The molecule has 31 heavy (non-hydrogen) atoms. The van der Waals surface area contributed by atoms with Crippen molar-refractivity contribution in [1.82, 2.24) is 5.43 Å². The normalized spacial score (nSPS) is 10.8. The number of hydrogen-bond donors (Lipinski definition) is 1. The highest BCUT2D eigenvalue weighted by Gasteiger charge is 2.06. The molecule has 1 N–H and O–H groups in total. The van der Waals surface area contributed by atoms with Gasteiger partial charge in [0.2, 0.25) is 0 Å². The minimum absolute atomic E-state index is 0.330. The van der Waals surface area contributed by atoms with Crippen molar-refractivity contribution in [1.29, 1.82) is 0 Å². The summed E-state index contributed by atoms with van der Waals surface area (Å²) in [4.78, 5) is 12.3. The van der Waals surface area contributed by atoms with E-state index < -0.39 is 0 Å². The number of halogens is 2. The van der Waals surface area contributed by atoms with Gasteiger partial charge in [-0.25, -0.2) is 5.43 Å². The smallest absolute Gasteiger partial charge is 0.271 e. The molecule has 5 nitrogen and oxygen atoms in total. The molecule has 0 bridgehead atoms. The van der Waals surface area contributed by atoms with Gasteiger partial charge in [-0.3, -0.25) is 4.79 Å². The molecular weight excluding hydrogens is 435 g/mol. The first-order chi connectivity index (χ1) is 15.0. The Balaban J connectivity index is 1.62. The van der Waals surface area contributed by atoms with E-state index in [9.17, 15) is 4.79 Å². The topological polar surface area (TPSA) is 59.9 Å². The maximum absolute atomic E-state index is 12.3. The molecule has 3 aromatic rings. The van der Waals surface area contributed by atoms with Crippen LogP contribution in [-0.4, -0.2) is 18.7 Å². The Morgan fingerprint density at radius 2 is 1.68 bits per heavy atom. The summed E-state index contributed by atoms with van der Waals surface area (Å²) in [5.74, 6) is 0.988. The summed E-state index contributed by atoms with van der Waals surface area (Å²) in [5, 5.41) is 5.25. The highest BCUT2D eigenvalue weighted by molar-refractivity contribution is 6.31. The third-order valence-electron chi connectivity index (χ3n) is 4.24. The average molecular weight is 457 g/mol. The Kier molecular flexibility index (Phi) is 8.33. The first-order valence-corrected chi connectivity index (χ1v) is 10.5. The fraction of sp³-hybridized carbons (Fsp3) is 0.167. The minimum atomic E-state index is -0.330. The first kappa shape index (κ1) is 22.7. The third kappa shape index (κ3) is 7.02. The fourth-order valence-corrected chi connectivity index (χ4v) is 2.95. The Bertz CT molecular complexity index is 1040. The van der Waals surface area contributed by atoms with Gasteiger partial charge in [0.15, 0.2) is 0 Å². The highest BCUT2D eigenvalue weighted by Crippen LogP contribution is 2.23. The van der Waals surface area contributed by atoms with Gasteiger partial charge in [-0.05, 0) is 66.6 Å². The molecule has 0 saturated heterocycles. The van der Waals surface area contributed by atoms with Crippen LogP contribution in [0, 0.1) is 0 Å². The minimum Gasteiger partial charge on any atom is -0.494 e. The molecule has 0 aromatic heterocycles. The van der Waals surface area contributed by atoms with E-state index >= 15 is 0 Å². The van der Waals surface area contributed by atoms with Crippen LogP contribution < -0.4 is 14.9 Å². The van der Waals surface area contributed by atoms with E-state index in [4.69, 9.17) is 32.7 Å². The Morgan fingerprint density at radius 3 is 2.39 bits per heavy atom. The summed E-state index contributed by atoms with van der Waals surface area (Å²) in [6.45, 7) is 3.03. The van der Waals surface area contributed by atoms with Crippen molar-refractivity contribution in [2.24, 2.45) is 5.10 Å². The predicted octanol–water partition coefficient (Wildman–Crippen LogP) is 6.13. The lowest BCUT2D eigenvalue weighted by Gasteiger charge is -2.10. The van der Waals surface area contributed by atoms with Crippen molar-refractivity contribution in [2.45, 2.75) is 20.0 Å². The predicted molar refractivity (Wildman–Crippen MR) is 125 cm³/mol. The molecular formula is C24H22Cl2N2O3. The first-order valence-electron chi connectivity index (χ1n) is 9.78. The maximum Gasteiger partial charge on any atom is 0.271 e. The molecule has 1 amide bonds. The lowest BCUT2D eigenvalue weighted by Crippen LogP contribution is -2.17. The molecule has 0 spiro atoms. The summed E-state index contributed by atoms with van der Waals surface area (Å²) in [5.41, 5.74) is 4.61. The molecule has 0 heterocycles. The molecule has 160 valence electrons. The molecule has 3 rings (SSSR count). The molecule has 0 radical (unpaired) electrons. The standard InChI is InChI=1S/C24H22Cl2N2O3/c1-2-13-30-22-10-5-18(6-11-22)24(29)28-27-15-19-14-21(26)9-12-23(19)31-16-17-3-7-20(25)8-4-17/h3-12,14-15H,2,13,16H2,1H3,(H,28,29)/b27-15+. The SMILES string of the molecule is CCCOc1ccc(C(=O)N/N=C/c2cc(Cl)ccc2OCc2ccc(Cl)cc2)cc1. The van der Waals surface area contributed by atoms with Gasteiger partial charge in [-0.15, -0.1) is 0 Å². The molecule has 3 aromatic carbocycles. The number of hydrazone groups is 1. The molecule has 0 aliphatic rings. The highest BCUT2D eigenvalue weighted by atomic mass is 35.5. The number of amides is 1. The lowest BCUT2D eigenvalue weighted by atomic mass is 10.2. The summed E-state index contributed by atoms with van der Waals surface area (Å²) >= 11 is 12.0. The van der Waals surface area contributed by atoms with Crippen molar-refractivity contribution in [2.75, 3.05) is 6.61 Å². The van der Waals surface area contributed by atoms with Gasteiger partial charge in [0, 0.05) is 21.2 Å². The summed E-state index contributed by atoms with van der Waals surface area (Å²) in [6, 6.07) is 19.5. The molecule has 7 heteroatoms. The molecule has 0 unspecified atom stereocenters. The molecule has 0 fully saturated rings. The van der Waals surface area contributed by atoms with E-state index in [0.717, 1.165) is 17.7 Å². The van der Waals surface area contributed by atoms with Crippen LogP contribution in [0.25, 0.3) is 0 Å². The number of benzene rings is 3. The van der Waals surface area contributed by atoms with Crippen LogP contribution in [0.3, 0.4) is 0 Å². The molecule has 0 atom stereocenters. The number of carbonyl (C=O) groups is 1. The van der Waals surface area contributed by atoms with E-state index in [2.05, 4.69) is 10.5 Å². The number of rotatable bonds is 9. The molecule has 0 aliphatic heterocycles. The van der Waals surface area contributed by atoms with Gasteiger partial charge in [-0.2, -0.15) is 5.10 Å². The summed E-state index contributed by atoms with van der Waals surface area (Å²) in [7, 11) is 0. The van der Waals surface area contributed by atoms with Crippen LogP contribution in [0.1, 0.15) is 34.8 Å². The average Bonchev–Trinajstić information content (AvgIpc) is 2.78. The van der Waals surface area contributed by atoms with Crippen molar-refractivity contribution >= 4 is 35.3 Å². The molecule has 0 aliphatic carbocycles. The second-order valence-electron chi connectivity index (χ2n) is 6.67. The molecule has 0 saturated carbocycles. The number of carbonyl (C=O) groups excluding carboxylic acids is 1. The van der Waals surface area contributed by atoms with Gasteiger partial charge in [0.25, 0.3) is 5.91 Å². The van der Waals surface area contributed by atoms with E-state index in [1.807, 2.05) is 31.2 Å². The second-order valence-corrected chi connectivity index (χ2v) is 7.54. The summed E-state index contributed by atoms with van der Waals surface area (Å²) < 4.78 is 11.4. The van der Waals surface area contributed by atoms with Gasteiger partial charge >= 0.3 is 0 Å². The zero-order valence-electron chi connectivity index (χ0n) is 17.0. The van der Waals surface area contributed by atoms with Crippen LogP contribution in [-0.2, 0) is 6.61 Å². The van der Waals surface area contributed by atoms with Crippen LogP contribution >= 0.6 is 23.2 Å². The maximum atomic E-state index is 12.3. The number of nitrogens with one attached hydrogen (secondary N) is 1. The zero-order chi connectivity index (χ0) is 22.1. The lowest BCUT2D eigenvalue weighted by molar-refractivity contribution is 0.0955. The van der Waals surface area contributed by atoms with Gasteiger partial charge < -0.3 is 9.47 Å². The van der Waals surface area contributed by atoms with Crippen molar-refractivity contribution in [3.05, 3.63) is 93.5 Å². The van der Waals surface area contributed by atoms with Gasteiger partial charge in [-0.1, -0.05) is 42.3 Å². The van der Waals surface area contributed by atoms with E-state index in [1.165, 1.54) is 6.21 Å². The monoisotopic (exact) mass is 456 g/mol. The van der Waals surface area contributed by atoms with E-state index in [1.54, 1.807) is 42.5 Å². The quantitative estimate of drug-likeness (QED) is 0.311. The summed E-state index contributed by atoms with van der Waals surface area (Å²) in [6.07, 6.45) is 2.42. The van der Waals surface area contributed by atoms with Crippen molar-refractivity contribution < 1.29 is 14.3 Å².